The van der Waals surface area contributed by atoms with Gasteiger partial charge in [-0.3, -0.25) is 9.59 Å². The first-order chi connectivity index (χ1) is 12.8. The number of benzene rings is 2. The second-order valence-electron chi connectivity index (χ2n) is 5.67. The van der Waals surface area contributed by atoms with Gasteiger partial charge in [-0.2, -0.15) is 0 Å². The van der Waals surface area contributed by atoms with E-state index in [9.17, 15) is 14.4 Å². The average molecular weight is 404 g/mol. The van der Waals surface area contributed by atoms with Crippen molar-refractivity contribution in [3.8, 4) is 5.75 Å². The Balaban J connectivity index is 1.85. The first kappa shape index (κ1) is 19.0. The van der Waals surface area contributed by atoms with Gasteiger partial charge in [0, 0.05) is 5.02 Å². The third-order valence-corrected chi connectivity index (χ3v) is 4.78. The Labute approximate surface area is 164 Å². The van der Waals surface area contributed by atoms with Gasteiger partial charge in [0.25, 0.3) is 11.1 Å². The molecule has 6 nitrogen and oxygen atoms in total. The predicted molar refractivity (Wildman–Crippen MR) is 104 cm³/mol. The van der Waals surface area contributed by atoms with Crippen molar-refractivity contribution in [2.75, 3.05) is 4.90 Å². The molecule has 2 aromatic carbocycles. The summed E-state index contributed by atoms with van der Waals surface area (Å²) in [7, 11) is 0. The summed E-state index contributed by atoms with van der Waals surface area (Å²) >= 11 is 6.76. The maximum Gasteiger partial charge on any atom is 0.344 e. The Bertz CT molecular complexity index is 959. The average Bonchev–Trinajstić information content (AvgIpc) is 2.88. The summed E-state index contributed by atoms with van der Waals surface area (Å²) in [6, 6.07) is 13.1. The first-order valence-corrected chi connectivity index (χ1v) is 9.07. The van der Waals surface area contributed by atoms with Crippen LogP contribution in [-0.4, -0.2) is 28.3 Å². The molecule has 0 radical (unpaired) electrons. The van der Waals surface area contributed by atoms with E-state index in [4.69, 9.17) is 21.4 Å². The molecule has 1 atom stereocenters. The number of carbonyl (C=O) groups excluding carboxylic acids is 2. The van der Waals surface area contributed by atoms with Crippen LogP contribution in [0.5, 0.6) is 5.75 Å². The van der Waals surface area contributed by atoms with Crippen LogP contribution in [0.4, 0.5) is 10.5 Å². The second kappa shape index (κ2) is 7.85. The number of anilines is 1. The van der Waals surface area contributed by atoms with Gasteiger partial charge in [0.2, 0.25) is 0 Å². The minimum Gasteiger partial charge on any atom is -0.479 e. The van der Waals surface area contributed by atoms with Crippen LogP contribution in [0.2, 0.25) is 5.02 Å². The van der Waals surface area contributed by atoms with E-state index in [0.29, 0.717) is 22.0 Å². The molecule has 1 unspecified atom stereocenters. The van der Waals surface area contributed by atoms with Crippen molar-refractivity contribution in [3.63, 3.8) is 0 Å². The molecule has 27 heavy (non-hydrogen) atoms. The maximum absolute atomic E-state index is 12.6. The number of carbonyl (C=O) groups is 3. The molecule has 3 rings (SSSR count). The van der Waals surface area contributed by atoms with Gasteiger partial charge in [-0.1, -0.05) is 29.8 Å². The molecule has 2 aromatic rings. The zero-order valence-corrected chi connectivity index (χ0v) is 15.7. The molecule has 2 amide bonds. The minimum absolute atomic E-state index is 0.253. The number of hydrogen-bond acceptors (Lipinski definition) is 5. The number of nitrogens with zero attached hydrogens (tertiary/aromatic N) is 1. The minimum atomic E-state index is -1.08. The SMILES string of the molecule is CC(Oc1cccc(/C=C2/SC(=O)N(c3cccc(Cl)c3)C2=O)c1)C(=O)O. The number of carboxylic acid groups (broad SMARTS) is 1. The molecule has 0 aromatic heterocycles. The van der Waals surface area contributed by atoms with Crippen LogP contribution >= 0.6 is 23.4 Å². The summed E-state index contributed by atoms with van der Waals surface area (Å²) in [5.74, 6) is -1.17. The molecular weight excluding hydrogens is 390 g/mol. The zero-order valence-electron chi connectivity index (χ0n) is 14.1. The smallest absolute Gasteiger partial charge is 0.344 e. The molecule has 1 fully saturated rings. The molecule has 138 valence electrons. The lowest BCUT2D eigenvalue weighted by molar-refractivity contribution is -0.144. The Hall–Kier alpha value is -2.77. The molecule has 1 heterocycles. The van der Waals surface area contributed by atoms with Crippen LogP contribution in [0.1, 0.15) is 12.5 Å². The van der Waals surface area contributed by atoms with Crippen molar-refractivity contribution in [1.82, 2.24) is 0 Å². The lowest BCUT2D eigenvalue weighted by atomic mass is 10.2. The number of rotatable bonds is 5. The summed E-state index contributed by atoms with van der Waals surface area (Å²) in [6.07, 6.45) is 0.559. The molecule has 1 aliphatic heterocycles. The lowest BCUT2D eigenvalue weighted by Gasteiger charge is -2.12. The highest BCUT2D eigenvalue weighted by Gasteiger charge is 2.36. The van der Waals surface area contributed by atoms with Crippen molar-refractivity contribution in [1.29, 1.82) is 0 Å². The fraction of sp³-hybridized carbons (Fsp3) is 0.105. The van der Waals surface area contributed by atoms with E-state index in [0.717, 1.165) is 16.7 Å². The first-order valence-electron chi connectivity index (χ1n) is 7.88. The third-order valence-electron chi connectivity index (χ3n) is 3.68. The number of thioether (sulfide) groups is 1. The van der Waals surface area contributed by atoms with Crippen molar-refractivity contribution < 1.29 is 24.2 Å². The van der Waals surface area contributed by atoms with Crippen LogP contribution in [-0.2, 0) is 9.59 Å². The highest BCUT2D eigenvalue weighted by Crippen LogP contribution is 2.36. The Morgan fingerprint density at radius 2 is 1.96 bits per heavy atom. The monoisotopic (exact) mass is 403 g/mol. The van der Waals surface area contributed by atoms with Crippen molar-refractivity contribution in [3.05, 3.63) is 64.0 Å². The lowest BCUT2D eigenvalue weighted by Crippen LogP contribution is -2.27. The normalized spacial score (nSPS) is 16.7. The molecule has 8 heteroatoms. The van der Waals surface area contributed by atoms with E-state index in [2.05, 4.69) is 0 Å². The summed E-state index contributed by atoms with van der Waals surface area (Å²) in [5.41, 5.74) is 1.02. The van der Waals surface area contributed by atoms with Gasteiger partial charge in [0.1, 0.15) is 5.75 Å². The predicted octanol–water partition coefficient (Wildman–Crippen LogP) is 4.43. The number of aliphatic carboxylic acids is 1. The van der Waals surface area contributed by atoms with Crippen LogP contribution in [0, 0.1) is 0 Å². The van der Waals surface area contributed by atoms with Gasteiger partial charge in [-0.25, -0.2) is 9.69 Å². The highest BCUT2D eigenvalue weighted by atomic mass is 35.5. The van der Waals surface area contributed by atoms with E-state index in [-0.39, 0.29) is 4.91 Å². The molecule has 0 bridgehead atoms. The van der Waals surface area contributed by atoms with Crippen molar-refractivity contribution in [2.24, 2.45) is 0 Å². The van der Waals surface area contributed by atoms with Gasteiger partial charge in [-0.05, 0) is 60.7 Å². The second-order valence-corrected chi connectivity index (χ2v) is 7.10. The van der Waals surface area contributed by atoms with E-state index in [1.54, 1.807) is 54.6 Å². The summed E-state index contributed by atoms with van der Waals surface area (Å²) in [5, 5.41) is 8.93. The molecule has 1 aliphatic rings. The van der Waals surface area contributed by atoms with Crippen LogP contribution < -0.4 is 9.64 Å². The number of amides is 2. The zero-order chi connectivity index (χ0) is 19.6. The van der Waals surface area contributed by atoms with E-state index in [1.807, 2.05) is 0 Å². The maximum atomic E-state index is 12.6. The summed E-state index contributed by atoms with van der Waals surface area (Å²) in [4.78, 5) is 37.1. The van der Waals surface area contributed by atoms with Crippen LogP contribution in [0.25, 0.3) is 6.08 Å². The Kier molecular flexibility index (Phi) is 5.53. The molecule has 0 aliphatic carbocycles. The quantitative estimate of drug-likeness (QED) is 0.743. The van der Waals surface area contributed by atoms with Gasteiger partial charge >= 0.3 is 5.97 Å². The molecule has 0 spiro atoms. The van der Waals surface area contributed by atoms with Gasteiger partial charge < -0.3 is 9.84 Å². The molecule has 1 saturated heterocycles. The van der Waals surface area contributed by atoms with E-state index < -0.39 is 23.2 Å². The fourth-order valence-electron chi connectivity index (χ4n) is 2.39. The number of carboxylic acids is 1. The number of ether oxygens (including phenoxy) is 1. The molecule has 1 N–H and O–H groups in total. The van der Waals surface area contributed by atoms with Crippen molar-refractivity contribution >= 4 is 52.2 Å². The molecule has 0 saturated carbocycles. The number of imide groups is 1. The van der Waals surface area contributed by atoms with Gasteiger partial charge in [-0.15, -0.1) is 0 Å². The van der Waals surface area contributed by atoms with Crippen molar-refractivity contribution in [2.45, 2.75) is 13.0 Å². The van der Waals surface area contributed by atoms with Gasteiger partial charge in [0.15, 0.2) is 6.10 Å². The Morgan fingerprint density at radius 3 is 2.67 bits per heavy atom. The highest BCUT2D eigenvalue weighted by molar-refractivity contribution is 8.19. The summed E-state index contributed by atoms with van der Waals surface area (Å²) < 4.78 is 5.32. The van der Waals surface area contributed by atoms with Gasteiger partial charge in [0.05, 0.1) is 10.6 Å². The number of hydrogen-bond donors (Lipinski definition) is 1. The van der Waals surface area contributed by atoms with E-state index >= 15 is 0 Å². The number of halogens is 1. The topological polar surface area (TPSA) is 83.9 Å². The molecular formula is C19H14ClNO5S. The van der Waals surface area contributed by atoms with Crippen LogP contribution in [0.3, 0.4) is 0 Å². The fourth-order valence-corrected chi connectivity index (χ4v) is 3.41. The van der Waals surface area contributed by atoms with E-state index in [1.165, 1.54) is 6.92 Å². The Morgan fingerprint density at radius 1 is 1.22 bits per heavy atom. The standard InChI is InChI=1S/C19H14ClNO5S/c1-11(18(23)24)26-15-7-2-4-12(8-15)9-16-17(22)21(19(25)27-16)14-6-3-5-13(20)10-14/h2-11H,1H3,(H,23,24)/b16-9+. The third kappa shape index (κ3) is 4.32. The summed E-state index contributed by atoms with van der Waals surface area (Å²) in [6.45, 7) is 1.42. The van der Waals surface area contributed by atoms with Crippen LogP contribution in [0.15, 0.2) is 53.4 Å². The largest absolute Gasteiger partial charge is 0.479 e.